The van der Waals surface area contributed by atoms with E-state index in [1.807, 2.05) is 0 Å². The Morgan fingerprint density at radius 2 is 2.00 bits per heavy atom. The third-order valence-electron chi connectivity index (χ3n) is 2.64. The Bertz CT molecular complexity index is 434. The van der Waals surface area contributed by atoms with Crippen LogP contribution in [0.2, 0.25) is 0 Å². The molecule has 0 aromatic carbocycles. The SMILES string of the molecule is CCCCCCCC(=O)Oc1coc(C)cc1=O. The van der Waals surface area contributed by atoms with E-state index in [1.165, 1.54) is 25.2 Å². The number of esters is 1. The quantitative estimate of drug-likeness (QED) is 0.552. The van der Waals surface area contributed by atoms with E-state index >= 15 is 0 Å². The molecule has 1 rings (SSSR count). The van der Waals surface area contributed by atoms with Gasteiger partial charge >= 0.3 is 5.97 Å². The fraction of sp³-hybridized carbons (Fsp3) is 0.571. The van der Waals surface area contributed by atoms with Crippen LogP contribution in [0.15, 0.2) is 21.5 Å². The summed E-state index contributed by atoms with van der Waals surface area (Å²) in [6.07, 6.45) is 6.85. The van der Waals surface area contributed by atoms with E-state index in [0.29, 0.717) is 12.2 Å². The zero-order valence-corrected chi connectivity index (χ0v) is 11.0. The second-order valence-corrected chi connectivity index (χ2v) is 4.36. The van der Waals surface area contributed by atoms with Gasteiger partial charge in [0.1, 0.15) is 12.0 Å². The van der Waals surface area contributed by atoms with Gasteiger partial charge in [-0.2, -0.15) is 0 Å². The van der Waals surface area contributed by atoms with Crippen LogP contribution in [0.4, 0.5) is 0 Å². The van der Waals surface area contributed by atoms with Crippen LogP contribution >= 0.6 is 0 Å². The van der Waals surface area contributed by atoms with E-state index in [1.54, 1.807) is 6.92 Å². The van der Waals surface area contributed by atoms with Crippen molar-refractivity contribution in [1.29, 1.82) is 0 Å². The van der Waals surface area contributed by atoms with Gasteiger partial charge in [0, 0.05) is 12.5 Å². The molecule has 0 spiro atoms. The minimum Gasteiger partial charge on any atom is -0.465 e. The standard InChI is InChI=1S/C14H20O4/c1-3-4-5-6-7-8-14(16)18-13-10-17-11(2)9-12(13)15/h9-10H,3-8H2,1-2H3. The smallest absolute Gasteiger partial charge is 0.311 e. The molecule has 0 bridgehead atoms. The number of ether oxygens (including phenoxy) is 1. The van der Waals surface area contributed by atoms with Crippen molar-refractivity contribution in [2.75, 3.05) is 0 Å². The minimum atomic E-state index is -0.373. The Labute approximate surface area is 107 Å². The monoisotopic (exact) mass is 252 g/mol. The maximum atomic E-state index is 11.5. The van der Waals surface area contributed by atoms with Gasteiger partial charge in [-0.1, -0.05) is 32.6 Å². The predicted molar refractivity (Wildman–Crippen MR) is 68.7 cm³/mol. The Morgan fingerprint density at radius 1 is 1.28 bits per heavy atom. The maximum absolute atomic E-state index is 11.5. The van der Waals surface area contributed by atoms with Gasteiger partial charge in [0.15, 0.2) is 0 Å². The Morgan fingerprint density at radius 3 is 2.67 bits per heavy atom. The molecular weight excluding hydrogens is 232 g/mol. The molecular formula is C14H20O4. The summed E-state index contributed by atoms with van der Waals surface area (Å²) in [6, 6.07) is 1.31. The van der Waals surface area contributed by atoms with E-state index in [2.05, 4.69) is 6.92 Å². The average Bonchev–Trinajstić information content (AvgIpc) is 2.32. The number of unbranched alkanes of at least 4 members (excludes halogenated alkanes) is 4. The predicted octanol–water partition coefficient (Wildman–Crippen LogP) is 3.21. The Kier molecular flexibility index (Phi) is 6.19. The molecule has 0 fully saturated rings. The molecule has 0 aliphatic heterocycles. The zero-order chi connectivity index (χ0) is 13.4. The highest BCUT2D eigenvalue weighted by Crippen LogP contribution is 2.09. The van der Waals surface area contributed by atoms with Gasteiger partial charge in [0.25, 0.3) is 0 Å². The number of hydrogen-bond donors (Lipinski definition) is 0. The van der Waals surface area contributed by atoms with Gasteiger partial charge < -0.3 is 9.15 Å². The Balaban J connectivity index is 2.33. The summed E-state index contributed by atoms with van der Waals surface area (Å²) in [5.74, 6) is 0.0983. The summed E-state index contributed by atoms with van der Waals surface area (Å²) in [5.41, 5.74) is -0.321. The molecule has 1 aromatic rings. The van der Waals surface area contributed by atoms with Gasteiger partial charge in [-0.3, -0.25) is 9.59 Å². The number of aryl methyl sites for hydroxylation is 1. The molecule has 0 atom stereocenters. The summed E-state index contributed by atoms with van der Waals surface area (Å²) in [7, 11) is 0. The molecule has 4 heteroatoms. The van der Waals surface area contributed by atoms with Crippen LogP contribution in [-0.4, -0.2) is 5.97 Å². The second kappa shape index (κ2) is 7.69. The molecule has 100 valence electrons. The maximum Gasteiger partial charge on any atom is 0.311 e. The number of hydrogen-bond acceptors (Lipinski definition) is 4. The summed E-state index contributed by atoms with van der Waals surface area (Å²) in [6.45, 7) is 3.81. The molecule has 0 radical (unpaired) electrons. The van der Waals surface area contributed by atoms with E-state index in [4.69, 9.17) is 9.15 Å². The molecule has 0 saturated heterocycles. The van der Waals surface area contributed by atoms with Gasteiger partial charge in [-0.05, 0) is 13.3 Å². The molecule has 0 aliphatic carbocycles. The van der Waals surface area contributed by atoms with Crippen molar-refractivity contribution in [2.45, 2.75) is 52.4 Å². The number of carbonyl (C=O) groups excluding carboxylic acids is 1. The van der Waals surface area contributed by atoms with Crippen molar-refractivity contribution in [3.8, 4) is 5.75 Å². The van der Waals surface area contributed by atoms with E-state index < -0.39 is 0 Å². The molecule has 0 saturated carbocycles. The highest BCUT2D eigenvalue weighted by molar-refractivity contribution is 5.72. The number of rotatable bonds is 7. The van der Waals surface area contributed by atoms with Gasteiger partial charge in [0.2, 0.25) is 11.2 Å². The van der Waals surface area contributed by atoms with E-state index in [0.717, 1.165) is 19.3 Å². The van der Waals surface area contributed by atoms with Crippen molar-refractivity contribution in [2.24, 2.45) is 0 Å². The lowest BCUT2D eigenvalue weighted by molar-refractivity contribution is -0.134. The van der Waals surface area contributed by atoms with Crippen LogP contribution in [0, 0.1) is 6.92 Å². The first-order valence-corrected chi connectivity index (χ1v) is 6.43. The Hall–Kier alpha value is -1.58. The first-order chi connectivity index (χ1) is 8.63. The van der Waals surface area contributed by atoms with Crippen molar-refractivity contribution in [1.82, 2.24) is 0 Å². The minimum absolute atomic E-state index is 0.0286. The lowest BCUT2D eigenvalue weighted by atomic mass is 10.1. The zero-order valence-electron chi connectivity index (χ0n) is 11.0. The fourth-order valence-corrected chi connectivity index (χ4v) is 1.62. The van der Waals surface area contributed by atoms with Crippen LogP contribution in [0.1, 0.15) is 51.2 Å². The van der Waals surface area contributed by atoms with Gasteiger partial charge in [0.05, 0.1) is 0 Å². The van der Waals surface area contributed by atoms with E-state index in [9.17, 15) is 9.59 Å². The average molecular weight is 252 g/mol. The largest absolute Gasteiger partial charge is 0.465 e. The van der Waals surface area contributed by atoms with Gasteiger partial charge in [-0.15, -0.1) is 0 Å². The van der Waals surface area contributed by atoms with Crippen LogP contribution in [0.3, 0.4) is 0 Å². The molecule has 0 unspecified atom stereocenters. The molecule has 18 heavy (non-hydrogen) atoms. The fourth-order valence-electron chi connectivity index (χ4n) is 1.62. The molecule has 0 aliphatic rings. The van der Waals surface area contributed by atoms with Crippen molar-refractivity contribution < 1.29 is 13.9 Å². The first kappa shape index (κ1) is 14.5. The normalized spacial score (nSPS) is 10.3. The van der Waals surface area contributed by atoms with Crippen LogP contribution in [0.5, 0.6) is 5.75 Å². The summed E-state index contributed by atoms with van der Waals surface area (Å²) in [4.78, 5) is 22.9. The van der Waals surface area contributed by atoms with Crippen LogP contribution in [-0.2, 0) is 4.79 Å². The van der Waals surface area contributed by atoms with Crippen LogP contribution < -0.4 is 10.2 Å². The molecule has 0 amide bonds. The summed E-state index contributed by atoms with van der Waals surface area (Å²) < 4.78 is 9.98. The lowest BCUT2D eigenvalue weighted by Crippen LogP contribution is -2.13. The molecule has 0 N–H and O–H groups in total. The molecule has 1 heterocycles. The molecule has 4 nitrogen and oxygen atoms in total. The third-order valence-corrected chi connectivity index (χ3v) is 2.64. The van der Waals surface area contributed by atoms with Crippen molar-refractivity contribution in [3.05, 3.63) is 28.3 Å². The highest BCUT2D eigenvalue weighted by Gasteiger charge is 2.08. The molecule has 1 aromatic heterocycles. The van der Waals surface area contributed by atoms with Crippen LogP contribution in [0.25, 0.3) is 0 Å². The van der Waals surface area contributed by atoms with E-state index in [-0.39, 0.29) is 17.1 Å². The van der Waals surface area contributed by atoms with Crippen molar-refractivity contribution in [3.63, 3.8) is 0 Å². The third kappa shape index (κ3) is 5.17. The lowest BCUT2D eigenvalue weighted by Gasteiger charge is -2.03. The second-order valence-electron chi connectivity index (χ2n) is 4.36. The summed E-state index contributed by atoms with van der Waals surface area (Å²) in [5, 5.41) is 0. The topological polar surface area (TPSA) is 56.5 Å². The first-order valence-electron chi connectivity index (χ1n) is 6.43. The van der Waals surface area contributed by atoms with Crippen molar-refractivity contribution >= 4 is 5.97 Å². The number of carbonyl (C=O) groups is 1. The highest BCUT2D eigenvalue weighted by atomic mass is 16.5. The summed E-state index contributed by atoms with van der Waals surface area (Å²) >= 11 is 0. The van der Waals surface area contributed by atoms with Gasteiger partial charge in [-0.25, -0.2) is 0 Å².